The van der Waals surface area contributed by atoms with Gasteiger partial charge in [-0.25, -0.2) is 0 Å². The molecule has 1 aromatic heterocycles. The first-order chi connectivity index (χ1) is 13.6. The average molecular weight is 418 g/mol. The minimum absolute atomic E-state index is 0.00589. The van der Waals surface area contributed by atoms with Gasteiger partial charge < -0.3 is 18.8 Å². The van der Waals surface area contributed by atoms with E-state index < -0.39 is 7.60 Å². The molecule has 0 saturated heterocycles. The van der Waals surface area contributed by atoms with E-state index in [0.717, 1.165) is 5.69 Å². The summed E-state index contributed by atoms with van der Waals surface area (Å²) in [6.45, 7) is 0. The van der Waals surface area contributed by atoms with Crippen LogP contribution >= 0.6 is 19.8 Å². The van der Waals surface area contributed by atoms with E-state index in [-0.39, 0.29) is 22.3 Å². The third-order valence-electron chi connectivity index (χ3n) is 3.69. The summed E-state index contributed by atoms with van der Waals surface area (Å²) in [5.74, 6) is 0.333. The number of hydrogen-bond donors (Lipinski definition) is 3. The van der Waals surface area contributed by atoms with Crippen molar-refractivity contribution < 1.29 is 18.0 Å². The number of para-hydroxylation sites is 1. The van der Waals surface area contributed by atoms with Gasteiger partial charge in [0.25, 0.3) is 0 Å². The van der Waals surface area contributed by atoms with Crippen molar-refractivity contribution >= 4 is 41.9 Å². The van der Waals surface area contributed by atoms with Gasteiger partial charge in [-0.15, -0.1) is 0 Å². The molecule has 146 valence electrons. The predicted octanol–water partition coefficient (Wildman–Crippen LogP) is 3.77. The molecule has 0 saturated carbocycles. The Bertz CT molecular complexity index is 974. The summed E-state index contributed by atoms with van der Waals surface area (Å²) in [6.07, 6.45) is 0. The summed E-state index contributed by atoms with van der Waals surface area (Å²) in [7, 11) is -1.11. The Balaban J connectivity index is 1.83. The lowest BCUT2D eigenvalue weighted by atomic mass is 10.2. The van der Waals surface area contributed by atoms with E-state index in [1.807, 2.05) is 60.7 Å². The lowest BCUT2D eigenvalue weighted by Crippen LogP contribution is -2.34. The van der Waals surface area contributed by atoms with Crippen LogP contribution in [0.3, 0.4) is 0 Å². The van der Waals surface area contributed by atoms with Gasteiger partial charge in [0.2, 0.25) is 17.2 Å². The second-order valence-corrected chi connectivity index (χ2v) is 8.03. The average Bonchev–Trinajstić information content (AvgIpc) is 3.18. The summed E-state index contributed by atoms with van der Waals surface area (Å²) in [6, 6.07) is 18.6. The Morgan fingerprint density at radius 2 is 1.64 bits per heavy atom. The van der Waals surface area contributed by atoms with Crippen molar-refractivity contribution in [2.45, 2.75) is 0 Å². The van der Waals surface area contributed by atoms with Crippen molar-refractivity contribution in [2.24, 2.45) is 0 Å². The molecule has 28 heavy (non-hydrogen) atoms. The fourth-order valence-corrected chi connectivity index (χ4v) is 3.56. The molecule has 0 aliphatic heterocycles. The number of oxazole rings is 1. The van der Waals surface area contributed by atoms with Crippen LogP contribution in [0.4, 0.5) is 11.6 Å². The molecule has 0 spiro atoms. The van der Waals surface area contributed by atoms with Gasteiger partial charge in [-0.3, -0.25) is 15.4 Å². The van der Waals surface area contributed by atoms with Crippen LogP contribution in [0.1, 0.15) is 0 Å². The van der Waals surface area contributed by atoms with Crippen molar-refractivity contribution in [1.29, 1.82) is 0 Å². The largest absolute Gasteiger partial charge is 0.418 e. The molecule has 0 atom stereocenters. The molecule has 0 bridgehead atoms. The second kappa shape index (κ2) is 8.99. The van der Waals surface area contributed by atoms with Crippen molar-refractivity contribution in [1.82, 2.24) is 10.4 Å². The fraction of sp³-hybridized carbons (Fsp3) is 0.111. The molecule has 0 amide bonds. The zero-order valence-corrected chi connectivity index (χ0v) is 16.9. The highest BCUT2D eigenvalue weighted by Gasteiger charge is 2.34. The van der Waals surface area contributed by atoms with E-state index >= 15 is 0 Å². The molecule has 8 nitrogen and oxygen atoms in total. The SMILES string of the molecule is COP(=O)(OC)c1nc(-c2ccccc2)oc1NNC(=S)Nc1ccccc1. The maximum atomic E-state index is 12.9. The van der Waals surface area contributed by atoms with Gasteiger partial charge in [-0.2, -0.15) is 4.98 Å². The highest BCUT2D eigenvalue weighted by Crippen LogP contribution is 2.47. The van der Waals surface area contributed by atoms with Gasteiger partial charge in [-0.05, 0) is 36.5 Å². The quantitative estimate of drug-likeness (QED) is 0.301. The van der Waals surface area contributed by atoms with Gasteiger partial charge in [0.05, 0.1) is 0 Å². The van der Waals surface area contributed by atoms with Gasteiger partial charge in [0, 0.05) is 25.5 Å². The van der Waals surface area contributed by atoms with Gasteiger partial charge in [0.15, 0.2) is 5.11 Å². The standard InChI is InChI=1S/C18H19N4O4PS/c1-24-27(23,25-2)17-16(26-15(20-17)13-9-5-3-6-10-13)21-22-18(28)19-14-11-7-4-8-12-14/h3-12,21H,1-2H3,(H2,19,22,28). The highest BCUT2D eigenvalue weighted by atomic mass is 32.1. The Hall–Kier alpha value is -2.71. The predicted molar refractivity (Wildman–Crippen MR) is 113 cm³/mol. The highest BCUT2D eigenvalue weighted by molar-refractivity contribution is 7.80. The first-order valence-corrected chi connectivity index (χ1v) is 10.2. The monoisotopic (exact) mass is 418 g/mol. The molecule has 3 aromatic rings. The Morgan fingerprint density at radius 3 is 2.25 bits per heavy atom. The van der Waals surface area contributed by atoms with Crippen molar-refractivity contribution in [3.63, 3.8) is 0 Å². The van der Waals surface area contributed by atoms with Gasteiger partial charge in [-0.1, -0.05) is 36.4 Å². The molecule has 0 unspecified atom stereocenters. The third kappa shape index (κ3) is 4.58. The summed E-state index contributed by atoms with van der Waals surface area (Å²) >= 11 is 5.25. The number of nitrogens with zero attached hydrogens (tertiary/aromatic N) is 1. The molecule has 1 heterocycles. The van der Waals surface area contributed by atoms with E-state index in [0.29, 0.717) is 5.56 Å². The number of hydrazine groups is 1. The Labute approximate surface area is 167 Å². The molecule has 0 aliphatic rings. The second-order valence-electron chi connectivity index (χ2n) is 5.47. The number of anilines is 2. The number of nitrogens with one attached hydrogen (secondary N) is 3. The van der Waals surface area contributed by atoms with E-state index in [1.54, 1.807) is 0 Å². The topological polar surface area (TPSA) is 97.7 Å². The lowest BCUT2D eigenvalue weighted by molar-refractivity contribution is 0.286. The fourth-order valence-electron chi connectivity index (χ4n) is 2.33. The minimum Gasteiger partial charge on any atom is -0.418 e. The van der Waals surface area contributed by atoms with E-state index in [1.165, 1.54) is 14.2 Å². The zero-order chi connectivity index (χ0) is 20.0. The van der Waals surface area contributed by atoms with Crippen molar-refractivity contribution in [2.75, 3.05) is 25.0 Å². The Kier molecular flexibility index (Phi) is 6.43. The van der Waals surface area contributed by atoms with E-state index in [9.17, 15) is 4.57 Å². The summed E-state index contributed by atoms with van der Waals surface area (Å²) in [4.78, 5) is 4.31. The summed E-state index contributed by atoms with van der Waals surface area (Å²) in [5.41, 5.74) is 7.08. The lowest BCUT2D eigenvalue weighted by Gasteiger charge is -2.14. The van der Waals surface area contributed by atoms with Crippen LogP contribution in [0.15, 0.2) is 65.1 Å². The van der Waals surface area contributed by atoms with Crippen molar-refractivity contribution in [3.05, 3.63) is 60.7 Å². The molecule has 3 N–H and O–H groups in total. The van der Waals surface area contributed by atoms with Gasteiger partial charge in [0.1, 0.15) is 0 Å². The zero-order valence-electron chi connectivity index (χ0n) is 15.2. The van der Waals surface area contributed by atoms with E-state index in [2.05, 4.69) is 21.2 Å². The van der Waals surface area contributed by atoms with Crippen LogP contribution in [-0.2, 0) is 13.6 Å². The molecule has 10 heteroatoms. The van der Waals surface area contributed by atoms with Crippen LogP contribution in [0.25, 0.3) is 11.5 Å². The van der Waals surface area contributed by atoms with Crippen LogP contribution in [0.2, 0.25) is 0 Å². The molecule has 2 aromatic carbocycles. The minimum atomic E-state index is -3.67. The summed E-state index contributed by atoms with van der Waals surface area (Å²) in [5, 5.41) is 3.28. The maximum Gasteiger partial charge on any atom is 0.384 e. The number of hydrogen-bond acceptors (Lipinski definition) is 7. The van der Waals surface area contributed by atoms with E-state index in [4.69, 9.17) is 25.7 Å². The molecular formula is C18H19N4O4PS. The maximum absolute atomic E-state index is 12.9. The number of benzene rings is 2. The molecule has 0 radical (unpaired) electrons. The van der Waals surface area contributed by atoms with Crippen LogP contribution in [0, 0.1) is 0 Å². The first kappa shape index (κ1) is 20.0. The normalized spacial score (nSPS) is 11.1. The molecule has 0 aliphatic carbocycles. The molecular weight excluding hydrogens is 399 g/mol. The number of thiocarbonyl (C=S) groups is 1. The van der Waals surface area contributed by atoms with Crippen LogP contribution in [0.5, 0.6) is 0 Å². The Morgan fingerprint density at radius 1 is 1.04 bits per heavy atom. The summed E-state index contributed by atoms with van der Waals surface area (Å²) < 4.78 is 28.7. The van der Waals surface area contributed by atoms with Crippen LogP contribution in [-0.4, -0.2) is 24.3 Å². The van der Waals surface area contributed by atoms with Crippen molar-refractivity contribution in [3.8, 4) is 11.5 Å². The van der Waals surface area contributed by atoms with Crippen LogP contribution < -0.4 is 21.6 Å². The number of rotatable bonds is 7. The third-order valence-corrected chi connectivity index (χ3v) is 5.68. The number of aromatic nitrogens is 1. The molecule has 3 rings (SSSR count). The van der Waals surface area contributed by atoms with Gasteiger partial charge >= 0.3 is 7.60 Å². The smallest absolute Gasteiger partial charge is 0.384 e. The molecule has 0 fully saturated rings. The first-order valence-electron chi connectivity index (χ1n) is 8.22.